The SMILES string of the molecule is CCCCNC(=O)C(C)N(CCc1ccccc1)C(=O)CN(c1cc(Cl)c(Cl)cc1Cl)S(C)(=O)=O. The number of amides is 2. The molecule has 0 radical (unpaired) electrons. The predicted molar refractivity (Wildman–Crippen MR) is 143 cm³/mol. The summed E-state index contributed by atoms with van der Waals surface area (Å²) < 4.78 is 26.1. The van der Waals surface area contributed by atoms with Crippen LogP contribution in [0.1, 0.15) is 32.3 Å². The second-order valence-electron chi connectivity index (χ2n) is 8.13. The number of hydrogen-bond acceptors (Lipinski definition) is 4. The van der Waals surface area contributed by atoms with Gasteiger partial charge in [0.15, 0.2) is 0 Å². The molecule has 192 valence electrons. The number of anilines is 1. The first-order valence-corrected chi connectivity index (χ1v) is 14.2. The van der Waals surface area contributed by atoms with Crippen molar-refractivity contribution in [1.29, 1.82) is 0 Å². The number of carbonyl (C=O) groups excluding carboxylic acids is 2. The fourth-order valence-corrected chi connectivity index (χ4v) is 4.95. The van der Waals surface area contributed by atoms with Crippen LogP contribution in [0.5, 0.6) is 0 Å². The highest BCUT2D eigenvalue weighted by atomic mass is 35.5. The molecule has 7 nitrogen and oxygen atoms in total. The van der Waals surface area contributed by atoms with E-state index < -0.39 is 28.5 Å². The molecule has 35 heavy (non-hydrogen) atoms. The van der Waals surface area contributed by atoms with Crippen molar-refractivity contribution in [2.24, 2.45) is 0 Å². The molecule has 0 bridgehead atoms. The standard InChI is InChI=1S/C24H30Cl3N3O4S/c1-4-5-12-28-24(32)17(2)29(13-11-18-9-7-6-8-10-18)23(31)16-30(35(3,33)34)22-15-20(26)19(25)14-21(22)27/h6-10,14-15,17H,4-5,11-13,16H2,1-3H3,(H,28,32). The Labute approximate surface area is 222 Å². The average molecular weight is 563 g/mol. The van der Waals surface area contributed by atoms with Gasteiger partial charge in [0, 0.05) is 13.1 Å². The molecule has 0 fully saturated rings. The molecule has 0 aromatic heterocycles. The summed E-state index contributed by atoms with van der Waals surface area (Å²) in [5.41, 5.74) is 1.01. The van der Waals surface area contributed by atoms with Gasteiger partial charge >= 0.3 is 0 Å². The molecule has 2 aromatic rings. The summed E-state index contributed by atoms with van der Waals surface area (Å²) >= 11 is 18.3. The molecule has 0 spiro atoms. The second kappa shape index (κ2) is 13.3. The molecule has 1 unspecified atom stereocenters. The van der Waals surface area contributed by atoms with Crippen molar-refractivity contribution in [1.82, 2.24) is 10.2 Å². The zero-order chi connectivity index (χ0) is 26.2. The van der Waals surface area contributed by atoms with Gasteiger partial charge in [-0.25, -0.2) is 8.42 Å². The quantitative estimate of drug-likeness (QED) is 0.298. The molecule has 0 aliphatic carbocycles. The van der Waals surface area contributed by atoms with Gasteiger partial charge in [-0.1, -0.05) is 78.5 Å². The molecule has 0 aliphatic heterocycles. The Hall–Kier alpha value is -2.00. The Morgan fingerprint density at radius 3 is 2.26 bits per heavy atom. The van der Waals surface area contributed by atoms with Crippen molar-refractivity contribution in [3.8, 4) is 0 Å². The van der Waals surface area contributed by atoms with E-state index in [1.807, 2.05) is 37.3 Å². The smallest absolute Gasteiger partial charge is 0.244 e. The van der Waals surface area contributed by atoms with Gasteiger partial charge in [-0.05, 0) is 37.5 Å². The third-order valence-corrected chi connectivity index (χ3v) is 7.57. The van der Waals surface area contributed by atoms with Crippen LogP contribution in [0, 0.1) is 0 Å². The molecule has 2 amide bonds. The Balaban J connectivity index is 2.34. The number of benzene rings is 2. The maximum atomic E-state index is 13.5. The molecule has 0 saturated carbocycles. The highest BCUT2D eigenvalue weighted by Gasteiger charge is 2.30. The highest BCUT2D eigenvalue weighted by Crippen LogP contribution is 2.35. The van der Waals surface area contributed by atoms with Crippen molar-refractivity contribution in [2.75, 3.05) is 30.2 Å². The highest BCUT2D eigenvalue weighted by molar-refractivity contribution is 7.92. The lowest BCUT2D eigenvalue weighted by molar-refractivity contribution is -0.138. The van der Waals surface area contributed by atoms with E-state index in [1.165, 1.54) is 17.0 Å². The number of unbranched alkanes of at least 4 members (excludes halogenated alkanes) is 1. The van der Waals surface area contributed by atoms with Gasteiger partial charge in [0.2, 0.25) is 21.8 Å². The van der Waals surface area contributed by atoms with Gasteiger partial charge in [0.25, 0.3) is 0 Å². The molecular formula is C24H30Cl3N3O4S. The Kier molecular flexibility index (Phi) is 11.1. The minimum atomic E-state index is -3.93. The molecule has 11 heteroatoms. The van der Waals surface area contributed by atoms with Crippen LogP contribution < -0.4 is 9.62 Å². The van der Waals surface area contributed by atoms with Crippen LogP contribution in [0.25, 0.3) is 0 Å². The van der Waals surface area contributed by atoms with E-state index in [9.17, 15) is 18.0 Å². The summed E-state index contributed by atoms with van der Waals surface area (Å²) in [7, 11) is -3.93. The number of halogens is 3. The lowest BCUT2D eigenvalue weighted by Gasteiger charge is -2.31. The van der Waals surface area contributed by atoms with E-state index in [4.69, 9.17) is 34.8 Å². The van der Waals surface area contributed by atoms with Gasteiger partial charge in [-0.2, -0.15) is 0 Å². The summed E-state index contributed by atoms with van der Waals surface area (Å²) in [4.78, 5) is 27.6. The molecule has 2 aromatic carbocycles. The third-order valence-electron chi connectivity index (χ3n) is 5.42. The topological polar surface area (TPSA) is 86.8 Å². The van der Waals surface area contributed by atoms with Crippen LogP contribution in [-0.4, -0.2) is 57.1 Å². The maximum absolute atomic E-state index is 13.5. The lowest BCUT2D eigenvalue weighted by atomic mass is 10.1. The van der Waals surface area contributed by atoms with E-state index in [1.54, 1.807) is 6.92 Å². The average Bonchev–Trinajstić information content (AvgIpc) is 2.80. The maximum Gasteiger partial charge on any atom is 0.244 e. The molecule has 1 N–H and O–H groups in total. The lowest BCUT2D eigenvalue weighted by Crippen LogP contribution is -2.52. The van der Waals surface area contributed by atoms with Gasteiger partial charge in [-0.3, -0.25) is 13.9 Å². The van der Waals surface area contributed by atoms with Gasteiger partial charge in [0.05, 0.1) is 27.0 Å². The third kappa shape index (κ3) is 8.56. The Bertz CT molecular complexity index is 1130. The summed E-state index contributed by atoms with van der Waals surface area (Å²) in [6.45, 7) is 3.80. The molecule has 0 heterocycles. The van der Waals surface area contributed by atoms with Crippen LogP contribution in [0.2, 0.25) is 15.1 Å². The van der Waals surface area contributed by atoms with E-state index >= 15 is 0 Å². The predicted octanol–water partition coefficient (Wildman–Crippen LogP) is 4.79. The van der Waals surface area contributed by atoms with Crippen molar-refractivity contribution in [2.45, 2.75) is 39.2 Å². The van der Waals surface area contributed by atoms with Crippen molar-refractivity contribution in [3.63, 3.8) is 0 Å². The zero-order valence-corrected chi connectivity index (χ0v) is 23.0. The fourth-order valence-electron chi connectivity index (χ4n) is 3.40. The zero-order valence-electron chi connectivity index (χ0n) is 19.9. The van der Waals surface area contributed by atoms with Crippen molar-refractivity contribution in [3.05, 3.63) is 63.1 Å². The second-order valence-corrected chi connectivity index (χ2v) is 11.3. The summed E-state index contributed by atoms with van der Waals surface area (Å²) in [6, 6.07) is 11.3. The number of nitrogens with zero attached hydrogens (tertiary/aromatic N) is 2. The first kappa shape index (κ1) is 29.2. The molecule has 0 saturated heterocycles. The minimum Gasteiger partial charge on any atom is -0.354 e. The van der Waals surface area contributed by atoms with E-state index in [2.05, 4.69) is 5.32 Å². The largest absolute Gasteiger partial charge is 0.354 e. The fraction of sp³-hybridized carbons (Fsp3) is 0.417. The number of rotatable bonds is 12. The number of carbonyl (C=O) groups is 2. The van der Waals surface area contributed by atoms with Crippen LogP contribution in [0.3, 0.4) is 0 Å². The van der Waals surface area contributed by atoms with Gasteiger partial charge in [-0.15, -0.1) is 0 Å². The normalized spacial score (nSPS) is 12.2. The first-order chi connectivity index (χ1) is 16.5. The van der Waals surface area contributed by atoms with Gasteiger partial charge < -0.3 is 10.2 Å². The van der Waals surface area contributed by atoms with Crippen LogP contribution in [0.15, 0.2) is 42.5 Å². The molecule has 1 atom stereocenters. The van der Waals surface area contributed by atoms with Crippen LogP contribution in [-0.2, 0) is 26.0 Å². The molecule has 0 aliphatic rings. The monoisotopic (exact) mass is 561 g/mol. The molecule has 2 rings (SSSR count). The summed E-state index contributed by atoms with van der Waals surface area (Å²) in [5, 5.41) is 3.11. The van der Waals surface area contributed by atoms with Crippen molar-refractivity contribution >= 4 is 62.3 Å². The van der Waals surface area contributed by atoms with Crippen LogP contribution >= 0.6 is 34.8 Å². The van der Waals surface area contributed by atoms with E-state index in [-0.39, 0.29) is 33.2 Å². The van der Waals surface area contributed by atoms with Gasteiger partial charge in [0.1, 0.15) is 12.6 Å². The Morgan fingerprint density at radius 2 is 1.66 bits per heavy atom. The van der Waals surface area contributed by atoms with Crippen molar-refractivity contribution < 1.29 is 18.0 Å². The number of hydrogen-bond donors (Lipinski definition) is 1. The number of sulfonamides is 1. The summed E-state index contributed by atoms with van der Waals surface area (Å²) in [5.74, 6) is -0.857. The summed E-state index contributed by atoms with van der Waals surface area (Å²) in [6.07, 6.45) is 3.19. The molecular weight excluding hydrogens is 533 g/mol. The Morgan fingerprint density at radius 1 is 1.03 bits per heavy atom. The number of nitrogens with one attached hydrogen (secondary N) is 1. The van der Waals surface area contributed by atoms with E-state index in [0.29, 0.717) is 13.0 Å². The van der Waals surface area contributed by atoms with E-state index in [0.717, 1.165) is 29.0 Å². The minimum absolute atomic E-state index is 0.0267. The first-order valence-electron chi connectivity index (χ1n) is 11.2. The van der Waals surface area contributed by atoms with Crippen LogP contribution in [0.4, 0.5) is 5.69 Å².